The summed E-state index contributed by atoms with van der Waals surface area (Å²) in [5.41, 5.74) is 1.17. The first-order valence-corrected chi connectivity index (χ1v) is 6.15. The Morgan fingerprint density at radius 3 is 2.53 bits per heavy atom. The van der Waals surface area contributed by atoms with Crippen LogP contribution in [0.4, 0.5) is 4.79 Å². The fourth-order valence-electron chi connectivity index (χ4n) is 1.27. The van der Waals surface area contributed by atoms with Crippen molar-refractivity contribution in [2.45, 2.75) is 12.8 Å². The van der Waals surface area contributed by atoms with Crippen molar-refractivity contribution in [1.82, 2.24) is 10.6 Å². The average molecular weight is 296 g/mol. The highest BCUT2D eigenvalue weighted by atomic mass is 79.9. The Kier molecular flexibility index (Phi) is 6.12. The van der Waals surface area contributed by atoms with Crippen molar-refractivity contribution in [2.75, 3.05) is 13.1 Å². The van der Waals surface area contributed by atoms with Crippen LogP contribution in [0.1, 0.15) is 12.0 Å². The van der Waals surface area contributed by atoms with Crippen molar-refractivity contribution in [1.29, 1.82) is 5.26 Å². The molecule has 4 nitrogen and oxygen atoms in total. The number of rotatable bonds is 5. The lowest BCUT2D eigenvalue weighted by molar-refractivity contribution is 0.241. The highest BCUT2D eigenvalue weighted by Crippen LogP contribution is 2.10. The van der Waals surface area contributed by atoms with Crippen molar-refractivity contribution < 1.29 is 4.79 Å². The van der Waals surface area contributed by atoms with E-state index in [1.165, 1.54) is 5.56 Å². The van der Waals surface area contributed by atoms with Gasteiger partial charge in [-0.15, -0.1) is 0 Å². The summed E-state index contributed by atoms with van der Waals surface area (Å²) in [6.07, 6.45) is 1.12. The molecule has 90 valence electrons. The Morgan fingerprint density at radius 1 is 1.24 bits per heavy atom. The molecule has 2 N–H and O–H groups in total. The summed E-state index contributed by atoms with van der Waals surface area (Å²) in [7, 11) is 0. The van der Waals surface area contributed by atoms with Crippen LogP contribution in [-0.4, -0.2) is 19.1 Å². The molecular weight excluding hydrogens is 282 g/mol. The Hall–Kier alpha value is -1.54. The Balaban J connectivity index is 2.17. The zero-order valence-corrected chi connectivity index (χ0v) is 11.0. The van der Waals surface area contributed by atoms with Crippen molar-refractivity contribution in [3.63, 3.8) is 0 Å². The van der Waals surface area contributed by atoms with Crippen LogP contribution in [0.5, 0.6) is 0 Å². The molecular formula is C12H14BrN3O. The second-order valence-electron chi connectivity index (χ2n) is 3.47. The zero-order valence-electron chi connectivity index (χ0n) is 9.37. The van der Waals surface area contributed by atoms with Crippen LogP contribution in [0, 0.1) is 11.3 Å². The largest absolute Gasteiger partial charge is 0.338 e. The van der Waals surface area contributed by atoms with Gasteiger partial charge in [0.05, 0.1) is 12.5 Å². The van der Waals surface area contributed by atoms with Gasteiger partial charge in [-0.1, -0.05) is 28.1 Å². The van der Waals surface area contributed by atoms with Gasteiger partial charge in [0.2, 0.25) is 0 Å². The second kappa shape index (κ2) is 7.69. The van der Waals surface area contributed by atoms with E-state index < -0.39 is 0 Å². The molecule has 1 rings (SSSR count). The van der Waals surface area contributed by atoms with Crippen molar-refractivity contribution in [2.24, 2.45) is 0 Å². The van der Waals surface area contributed by atoms with Gasteiger partial charge in [-0.05, 0) is 24.1 Å². The molecule has 0 unspecified atom stereocenters. The Bertz CT molecular complexity index is 397. The van der Waals surface area contributed by atoms with Gasteiger partial charge in [0.25, 0.3) is 0 Å². The van der Waals surface area contributed by atoms with E-state index in [0.717, 1.165) is 10.9 Å². The molecule has 2 amide bonds. The normalized spacial score (nSPS) is 9.41. The van der Waals surface area contributed by atoms with E-state index in [0.29, 0.717) is 19.5 Å². The van der Waals surface area contributed by atoms with Crippen LogP contribution in [0.3, 0.4) is 0 Å². The molecule has 1 aromatic carbocycles. The van der Waals surface area contributed by atoms with Gasteiger partial charge in [0, 0.05) is 17.6 Å². The molecule has 0 aliphatic heterocycles. The number of amides is 2. The van der Waals surface area contributed by atoms with Crippen LogP contribution in [0.2, 0.25) is 0 Å². The van der Waals surface area contributed by atoms with E-state index in [1.807, 2.05) is 30.3 Å². The minimum absolute atomic E-state index is 0.225. The first kappa shape index (κ1) is 13.5. The van der Waals surface area contributed by atoms with Crippen LogP contribution >= 0.6 is 15.9 Å². The predicted molar refractivity (Wildman–Crippen MR) is 69.5 cm³/mol. The monoisotopic (exact) mass is 295 g/mol. The molecule has 0 bridgehead atoms. The smallest absolute Gasteiger partial charge is 0.314 e. The highest BCUT2D eigenvalue weighted by Gasteiger charge is 1.98. The van der Waals surface area contributed by atoms with E-state index in [1.54, 1.807) is 0 Å². The summed E-state index contributed by atoms with van der Waals surface area (Å²) in [6, 6.07) is 9.71. The number of urea groups is 1. The van der Waals surface area contributed by atoms with Gasteiger partial charge in [0.15, 0.2) is 0 Å². The van der Waals surface area contributed by atoms with Crippen molar-refractivity contribution in [3.05, 3.63) is 34.3 Å². The molecule has 0 radical (unpaired) electrons. The third-order valence-electron chi connectivity index (χ3n) is 2.13. The first-order chi connectivity index (χ1) is 8.22. The topological polar surface area (TPSA) is 64.9 Å². The van der Waals surface area contributed by atoms with Crippen molar-refractivity contribution in [3.8, 4) is 6.07 Å². The standard InChI is InChI=1S/C12H14BrN3O/c13-11-4-2-10(3-5-11)6-9-16-12(17)15-8-1-7-14/h2-5H,1,6,8-9H2,(H2,15,16,17). The number of hydrogen-bond donors (Lipinski definition) is 2. The van der Waals surface area contributed by atoms with Gasteiger partial charge in [0.1, 0.15) is 0 Å². The summed E-state index contributed by atoms with van der Waals surface area (Å²) in [5.74, 6) is 0. The third-order valence-corrected chi connectivity index (χ3v) is 2.66. The molecule has 17 heavy (non-hydrogen) atoms. The molecule has 0 aliphatic rings. The summed E-state index contributed by atoms with van der Waals surface area (Å²) in [4.78, 5) is 11.2. The van der Waals surface area contributed by atoms with E-state index >= 15 is 0 Å². The Labute approximate surface area is 109 Å². The lowest BCUT2D eigenvalue weighted by atomic mass is 10.1. The van der Waals surface area contributed by atoms with E-state index in [4.69, 9.17) is 5.26 Å². The molecule has 5 heteroatoms. The third kappa shape index (κ3) is 5.93. The fourth-order valence-corrected chi connectivity index (χ4v) is 1.53. The number of carbonyl (C=O) groups excluding carboxylic acids is 1. The van der Waals surface area contributed by atoms with Gasteiger partial charge in [-0.3, -0.25) is 0 Å². The number of nitrogens with zero attached hydrogens (tertiary/aromatic N) is 1. The SMILES string of the molecule is N#CCCNC(=O)NCCc1ccc(Br)cc1. The molecule has 0 aliphatic carbocycles. The van der Waals surface area contributed by atoms with Crippen LogP contribution in [-0.2, 0) is 6.42 Å². The van der Waals surface area contributed by atoms with Crippen LogP contribution in [0.25, 0.3) is 0 Å². The predicted octanol–water partition coefficient (Wildman–Crippen LogP) is 2.20. The number of halogens is 1. The van der Waals surface area contributed by atoms with Gasteiger partial charge < -0.3 is 10.6 Å². The lowest BCUT2D eigenvalue weighted by Gasteiger charge is -2.06. The molecule has 0 atom stereocenters. The maximum absolute atomic E-state index is 11.2. The maximum Gasteiger partial charge on any atom is 0.314 e. The average Bonchev–Trinajstić information content (AvgIpc) is 2.32. The number of carbonyl (C=O) groups is 1. The zero-order chi connectivity index (χ0) is 12.5. The first-order valence-electron chi connectivity index (χ1n) is 5.35. The van der Waals surface area contributed by atoms with E-state index in [-0.39, 0.29) is 6.03 Å². The molecule has 0 fully saturated rings. The fraction of sp³-hybridized carbons (Fsp3) is 0.333. The van der Waals surface area contributed by atoms with E-state index in [2.05, 4.69) is 26.6 Å². The molecule has 0 saturated heterocycles. The Morgan fingerprint density at radius 2 is 1.88 bits per heavy atom. The van der Waals surface area contributed by atoms with Crippen molar-refractivity contribution >= 4 is 22.0 Å². The molecule has 0 aromatic heterocycles. The van der Waals surface area contributed by atoms with E-state index in [9.17, 15) is 4.79 Å². The summed E-state index contributed by atoms with van der Waals surface area (Å²) in [5, 5.41) is 13.6. The second-order valence-corrected chi connectivity index (χ2v) is 4.38. The van der Waals surface area contributed by atoms with Gasteiger partial charge >= 0.3 is 6.03 Å². The van der Waals surface area contributed by atoms with Gasteiger partial charge in [-0.2, -0.15) is 5.26 Å². The minimum Gasteiger partial charge on any atom is -0.338 e. The molecule has 0 spiro atoms. The summed E-state index contributed by atoms with van der Waals surface area (Å²) in [6.45, 7) is 0.973. The number of nitrogens with one attached hydrogen (secondary N) is 2. The van der Waals surface area contributed by atoms with Crippen LogP contribution < -0.4 is 10.6 Å². The van der Waals surface area contributed by atoms with Crippen LogP contribution in [0.15, 0.2) is 28.7 Å². The highest BCUT2D eigenvalue weighted by molar-refractivity contribution is 9.10. The molecule has 1 aromatic rings. The molecule has 0 heterocycles. The number of nitriles is 1. The quantitative estimate of drug-likeness (QED) is 0.818. The number of benzene rings is 1. The lowest BCUT2D eigenvalue weighted by Crippen LogP contribution is -2.36. The minimum atomic E-state index is -0.225. The summed E-state index contributed by atoms with van der Waals surface area (Å²) >= 11 is 3.37. The molecule has 0 saturated carbocycles. The summed E-state index contributed by atoms with van der Waals surface area (Å²) < 4.78 is 1.04. The number of hydrogen-bond acceptors (Lipinski definition) is 2. The maximum atomic E-state index is 11.2. The van der Waals surface area contributed by atoms with Gasteiger partial charge in [-0.25, -0.2) is 4.79 Å².